The van der Waals surface area contributed by atoms with E-state index < -0.39 is 6.85 Å². The number of para-hydroxylation sites is 1. The van der Waals surface area contributed by atoms with Crippen LogP contribution in [0.5, 0.6) is 0 Å². The first-order chi connectivity index (χ1) is 30.8. The molecule has 4 heterocycles. The number of halogens is 1. The van der Waals surface area contributed by atoms with Gasteiger partial charge in [-0.3, -0.25) is 0 Å². The van der Waals surface area contributed by atoms with E-state index in [0.717, 1.165) is 50.5 Å². The summed E-state index contributed by atoms with van der Waals surface area (Å²) < 4.78 is 42.8. The summed E-state index contributed by atoms with van der Waals surface area (Å²) in [5.41, 5.74) is 10.6. The topological polar surface area (TPSA) is 77.6 Å². The summed E-state index contributed by atoms with van der Waals surface area (Å²) in [7, 11) is 0. The molecule has 0 aliphatic rings. The summed E-state index contributed by atoms with van der Waals surface area (Å²) in [5, 5.41) is 1.58. The number of fused-ring (bicyclic) bond motifs is 3. The van der Waals surface area contributed by atoms with E-state index in [9.17, 15) is 4.39 Å². The Bertz CT molecular complexity index is 2910. The van der Waals surface area contributed by atoms with Gasteiger partial charge in [0.15, 0.2) is 17.2 Å². The minimum absolute atomic E-state index is 0. The number of aryl methyl sites for hydroxylation is 1. The van der Waals surface area contributed by atoms with Crippen LogP contribution in [0.15, 0.2) is 102 Å². The Balaban J connectivity index is 0.000000296. The molecule has 0 aliphatic heterocycles. The minimum atomic E-state index is -2.11. The Morgan fingerprint density at radius 3 is 1.86 bits per heavy atom. The van der Waals surface area contributed by atoms with Crippen molar-refractivity contribution in [1.29, 1.82) is 0 Å². The third-order valence-electron chi connectivity index (χ3n) is 11.1. The van der Waals surface area contributed by atoms with Gasteiger partial charge < -0.3 is 14.4 Å². The molecule has 0 saturated carbocycles. The van der Waals surface area contributed by atoms with Crippen LogP contribution < -0.4 is 0 Å². The number of aromatic nitrogens is 5. The number of furan rings is 1. The fraction of sp³-hybridized carbons (Fsp3) is 0.339. The van der Waals surface area contributed by atoms with Gasteiger partial charge in [-0.15, -0.1) is 53.6 Å². The number of hydrogen-bond donors (Lipinski definition) is 0. The van der Waals surface area contributed by atoms with E-state index in [1.807, 2.05) is 36.5 Å². The Morgan fingerprint density at radius 2 is 1.31 bits per heavy atom. The Labute approximate surface area is 397 Å². The molecule has 0 atom stereocenters. The standard InChI is InChI=1S/C40H42FN4O.C16H18N.Ir/c1-22(2)29-19-25(36-43-37(39(5,6)7)45-38(44-36)40(8,9)10)20-30(23(3)4)33(29)24-17-18-42-32(21-24)28-15-11-13-26-27-14-12-16-31(41)35(27)46-34(26)28;1-12-5-10-15(17-11-12)13-6-8-14(9-7-13)16(2,3)4;/h11-14,16-23H,1-10H3;5-6,8-11H,1-4H3;/q2*-1;/i;1D3;. The van der Waals surface area contributed by atoms with Gasteiger partial charge in [0.25, 0.3) is 0 Å². The Hall–Kier alpha value is -5.43. The van der Waals surface area contributed by atoms with Crippen molar-refractivity contribution < 1.29 is 33.0 Å². The first-order valence-corrected chi connectivity index (χ1v) is 21.7. The molecule has 6 nitrogen and oxygen atoms in total. The van der Waals surface area contributed by atoms with Crippen LogP contribution in [0.3, 0.4) is 0 Å². The third kappa shape index (κ3) is 10.2. The van der Waals surface area contributed by atoms with Gasteiger partial charge in [0.05, 0.1) is 5.58 Å². The zero-order chi connectivity index (χ0) is 48.1. The number of pyridine rings is 2. The van der Waals surface area contributed by atoms with Gasteiger partial charge in [0.2, 0.25) is 0 Å². The van der Waals surface area contributed by atoms with E-state index in [0.29, 0.717) is 17.0 Å². The van der Waals surface area contributed by atoms with Crippen LogP contribution in [0.1, 0.15) is 140 Å². The molecule has 8 heteroatoms. The molecule has 8 rings (SSSR count). The molecule has 333 valence electrons. The van der Waals surface area contributed by atoms with Crippen LogP contribution in [-0.4, -0.2) is 24.9 Å². The molecule has 4 aromatic heterocycles. The van der Waals surface area contributed by atoms with Crippen LogP contribution in [-0.2, 0) is 36.4 Å². The van der Waals surface area contributed by atoms with Crippen molar-refractivity contribution >= 4 is 21.9 Å². The van der Waals surface area contributed by atoms with Crippen LogP contribution in [0.4, 0.5) is 4.39 Å². The van der Waals surface area contributed by atoms with Crippen LogP contribution in [0.2, 0.25) is 0 Å². The second-order valence-corrected chi connectivity index (χ2v) is 20.1. The molecule has 0 N–H and O–H groups in total. The monoisotopic (exact) mass is 1030 g/mol. The Morgan fingerprint density at radius 1 is 0.656 bits per heavy atom. The summed E-state index contributed by atoms with van der Waals surface area (Å²) in [6, 6.07) is 33.3. The molecule has 0 bridgehead atoms. The summed E-state index contributed by atoms with van der Waals surface area (Å²) in [6.07, 6.45) is 3.24. The number of nitrogens with zero attached hydrogens (tertiary/aromatic N) is 5. The molecule has 8 aromatic rings. The second kappa shape index (κ2) is 18.6. The van der Waals surface area contributed by atoms with E-state index in [4.69, 9.17) is 28.5 Å². The molecular formula is C56H60FIrN5O-2. The number of hydrogen-bond acceptors (Lipinski definition) is 6. The summed E-state index contributed by atoms with van der Waals surface area (Å²) in [6.45, 7) is 26.1. The molecule has 0 aliphatic carbocycles. The average molecular weight is 1030 g/mol. The quantitative estimate of drug-likeness (QED) is 0.154. The molecule has 0 amide bonds. The number of benzene rings is 4. The van der Waals surface area contributed by atoms with Crippen molar-refractivity contribution in [3.63, 3.8) is 0 Å². The maximum atomic E-state index is 14.7. The molecule has 4 aromatic carbocycles. The molecule has 0 unspecified atom stereocenters. The summed E-state index contributed by atoms with van der Waals surface area (Å²) in [4.78, 5) is 23.9. The van der Waals surface area contributed by atoms with E-state index >= 15 is 0 Å². The van der Waals surface area contributed by atoms with Gasteiger partial charge in [0, 0.05) is 58.4 Å². The van der Waals surface area contributed by atoms with Gasteiger partial charge >= 0.3 is 0 Å². The normalized spacial score (nSPS) is 13.0. The van der Waals surface area contributed by atoms with Gasteiger partial charge in [-0.05, 0) is 87.6 Å². The largest absolute Gasteiger partial charge is 0.498 e. The molecule has 0 fully saturated rings. The third-order valence-corrected chi connectivity index (χ3v) is 11.1. The molecular weight excluding hydrogens is 970 g/mol. The van der Waals surface area contributed by atoms with Crippen molar-refractivity contribution in [2.24, 2.45) is 0 Å². The van der Waals surface area contributed by atoms with E-state index in [2.05, 4.69) is 137 Å². The molecule has 1 radical (unpaired) electrons. The smallest absolute Gasteiger partial charge is 0.165 e. The molecule has 0 saturated heterocycles. The van der Waals surface area contributed by atoms with E-state index in [1.165, 1.54) is 34.5 Å². The van der Waals surface area contributed by atoms with E-state index in [-0.39, 0.29) is 65.1 Å². The maximum Gasteiger partial charge on any atom is 0.165 e. The van der Waals surface area contributed by atoms with Gasteiger partial charge in [-0.1, -0.05) is 131 Å². The SMILES string of the molecule is CC(C)c1cc(-c2nc(C(C)(C)C)nc(C(C)(C)C)n2)cc(C(C)C)c1-c1ccnc(-c2[c-]ccc3c2oc2c(F)cccc23)c1.[2H]C([2H])([2H])c1ccc(-c2[c-]cc(C(C)(C)C)cc2)nc1.[Ir]. The van der Waals surface area contributed by atoms with Crippen LogP contribution >= 0.6 is 0 Å². The maximum absolute atomic E-state index is 14.7. The fourth-order valence-corrected chi connectivity index (χ4v) is 7.48. The number of rotatable bonds is 6. The van der Waals surface area contributed by atoms with E-state index in [1.54, 1.807) is 18.2 Å². The summed E-state index contributed by atoms with van der Waals surface area (Å²) in [5.74, 6) is 2.35. The van der Waals surface area contributed by atoms with Gasteiger partial charge in [-0.2, -0.15) is 0 Å². The van der Waals surface area contributed by atoms with Crippen molar-refractivity contribution in [3.8, 4) is 45.0 Å². The Kier molecular flexibility index (Phi) is 12.7. The molecule has 0 spiro atoms. The second-order valence-electron chi connectivity index (χ2n) is 20.1. The first kappa shape index (κ1) is 43.8. The van der Waals surface area contributed by atoms with Crippen LogP contribution in [0, 0.1) is 24.8 Å². The molecule has 64 heavy (non-hydrogen) atoms. The average Bonchev–Trinajstić information content (AvgIpc) is 3.65. The van der Waals surface area contributed by atoms with Gasteiger partial charge in [0.1, 0.15) is 11.6 Å². The predicted molar refractivity (Wildman–Crippen MR) is 258 cm³/mol. The zero-order valence-electron chi connectivity index (χ0n) is 42.2. The van der Waals surface area contributed by atoms with Gasteiger partial charge in [-0.25, -0.2) is 19.3 Å². The van der Waals surface area contributed by atoms with Crippen LogP contribution in [0.25, 0.3) is 67.0 Å². The van der Waals surface area contributed by atoms with Crippen molar-refractivity contribution in [1.82, 2.24) is 24.9 Å². The first-order valence-electron chi connectivity index (χ1n) is 23.2. The minimum Gasteiger partial charge on any atom is -0.498 e. The van der Waals surface area contributed by atoms with Crippen molar-refractivity contribution in [2.45, 2.75) is 125 Å². The summed E-state index contributed by atoms with van der Waals surface area (Å²) >= 11 is 0. The zero-order valence-corrected chi connectivity index (χ0v) is 41.6. The van der Waals surface area contributed by atoms with Crippen molar-refractivity contribution in [3.05, 3.63) is 149 Å². The predicted octanol–water partition coefficient (Wildman–Crippen LogP) is 15.1. The van der Waals surface area contributed by atoms with Crippen molar-refractivity contribution in [2.75, 3.05) is 0 Å². The fourth-order valence-electron chi connectivity index (χ4n) is 7.48.